The Morgan fingerprint density at radius 3 is 2.56 bits per heavy atom. The minimum absolute atomic E-state index is 0.0780. The molecule has 0 bridgehead atoms. The van der Waals surface area contributed by atoms with Crippen LogP contribution in [0.25, 0.3) is 10.9 Å². The van der Waals surface area contributed by atoms with E-state index in [2.05, 4.69) is 55.6 Å². The molecule has 0 fully saturated rings. The third kappa shape index (κ3) is 5.17. The molecule has 0 aliphatic rings. The number of fused-ring (bicyclic) bond motifs is 1. The second-order valence-corrected chi connectivity index (χ2v) is 13.2. The zero-order valence-electron chi connectivity index (χ0n) is 16.5. The van der Waals surface area contributed by atoms with E-state index >= 15 is 0 Å². The molecule has 1 aromatic carbocycles. The van der Waals surface area contributed by atoms with Crippen molar-refractivity contribution >= 4 is 30.9 Å². The van der Waals surface area contributed by atoms with Gasteiger partial charge < -0.3 is 10.4 Å². The van der Waals surface area contributed by atoms with Crippen LogP contribution in [0.1, 0.15) is 37.6 Å². The maximum Gasteiger partial charge on any atom is 0.327 e. The summed E-state index contributed by atoms with van der Waals surface area (Å²) in [5.41, 5.74) is 4.40. The van der Waals surface area contributed by atoms with E-state index in [1.807, 2.05) is 24.3 Å². The average molecular weight is 383 g/mol. The molecule has 0 aliphatic heterocycles. The molecule has 6 heteroatoms. The molecule has 0 radical (unpaired) electrons. The third-order valence-electron chi connectivity index (χ3n) is 5.04. The second kappa shape index (κ2) is 7.93. The van der Waals surface area contributed by atoms with E-state index in [-0.39, 0.29) is 11.5 Å². The van der Waals surface area contributed by atoms with Crippen molar-refractivity contribution in [2.24, 2.45) is 0 Å². The monoisotopic (exact) mass is 382 g/mol. The minimum atomic E-state index is -1.82. The lowest BCUT2D eigenvalue weighted by atomic mass is 10.1. The van der Waals surface area contributed by atoms with Gasteiger partial charge in [-0.1, -0.05) is 52.1 Å². The van der Waals surface area contributed by atoms with Gasteiger partial charge in [0.05, 0.1) is 11.1 Å². The number of carboxylic acid groups (broad SMARTS) is 1. The summed E-state index contributed by atoms with van der Waals surface area (Å²) in [5.74, 6) is 1.44. The average Bonchev–Trinajstić information content (AvgIpc) is 2.59. The van der Waals surface area contributed by atoms with Crippen LogP contribution in [0.5, 0.6) is 0 Å². The Bertz CT molecular complexity index is 920. The zero-order chi connectivity index (χ0) is 20.2. The van der Waals surface area contributed by atoms with Crippen molar-refractivity contribution in [3.05, 3.63) is 42.1 Å². The van der Waals surface area contributed by atoms with E-state index in [9.17, 15) is 14.7 Å². The fraction of sp³-hybridized carbons (Fsp3) is 0.381. The fourth-order valence-electron chi connectivity index (χ4n) is 2.20. The first-order valence-corrected chi connectivity index (χ1v) is 11.9. The van der Waals surface area contributed by atoms with E-state index in [4.69, 9.17) is 0 Å². The maximum absolute atomic E-state index is 12.5. The number of aromatic nitrogens is 1. The van der Waals surface area contributed by atoms with Crippen LogP contribution in [0.2, 0.25) is 18.1 Å². The molecule has 0 spiro atoms. The lowest BCUT2D eigenvalue weighted by molar-refractivity contribution is -0.139. The molecular weight excluding hydrogens is 356 g/mol. The fourth-order valence-corrected chi connectivity index (χ4v) is 3.12. The van der Waals surface area contributed by atoms with Crippen molar-refractivity contribution in [3.8, 4) is 11.5 Å². The molecule has 27 heavy (non-hydrogen) atoms. The number of benzene rings is 1. The SMILES string of the molecule is CC(C)(C)[Si](C)(C)C#CC[C@H](NC(=O)c1cnc2ccccc2c1)C(=O)O. The van der Waals surface area contributed by atoms with E-state index in [0.29, 0.717) is 5.56 Å². The van der Waals surface area contributed by atoms with Gasteiger partial charge in [-0.05, 0) is 17.2 Å². The van der Waals surface area contributed by atoms with Crippen molar-refractivity contribution in [2.45, 2.75) is 51.4 Å². The topological polar surface area (TPSA) is 79.3 Å². The highest BCUT2D eigenvalue weighted by molar-refractivity contribution is 6.87. The first-order chi connectivity index (χ1) is 12.5. The molecule has 1 atom stereocenters. The summed E-state index contributed by atoms with van der Waals surface area (Å²) >= 11 is 0. The Balaban J connectivity index is 2.13. The van der Waals surface area contributed by atoms with Crippen LogP contribution in [0.3, 0.4) is 0 Å². The van der Waals surface area contributed by atoms with Crippen LogP contribution in [-0.2, 0) is 4.79 Å². The summed E-state index contributed by atoms with van der Waals surface area (Å²) in [6.07, 6.45) is 1.53. The first kappa shape index (κ1) is 20.7. The lowest BCUT2D eigenvalue weighted by Crippen LogP contribution is -2.41. The number of nitrogens with one attached hydrogen (secondary N) is 1. The Kier molecular flexibility index (Phi) is 6.07. The molecule has 142 valence electrons. The third-order valence-corrected chi connectivity index (χ3v) is 9.59. The number of carbonyl (C=O) groups excluding carboxylic acids is 1. The largest absolute Gasteiger partial charge is 0.480 e. The summed E-state index contributed by atoms with van der Waals surface area (Å²) < 4.78 is 0. The van der Waals surface area contributed by atoms with Crippen LogP contribution in [0, 0.1) is 11.5 Å². The molecule has 1 aromatic heterocycles. The Morgan fingerprint density at radius 2 is 1.93 bits per heavy atom. The summed E-state index contributed by atoms with van der Waals surface area (Å²) in [6.45, 7) is 10.8. The molecule has 2 N–H and O–H groups in total. The second-order valence-electron chi connectivity index (χ2n) is 8.16. The molecule has 0 saturated heterocycles. The zero-order valence-corrected chi connectivity index (χ0v) is 17.5. The smallest absolute Gasteiger partial charge is 0.327 e. The number of amides is 1. The summed E-state index contributed by atoms with van der Waals surface area (Å²) in [6, 6.07) is 8.10. The van der Waals surface area contributed by atoms with Gasteiger partial charge in [0.15, 0.2) is 0 Å². The van der Waals surface area contributed by atoms with Gasteiger partial charge >= 0.3 is 5.97 Å². The van der Waals surface area contributed by atoms with Gasteiger partial charge in [-0.3, -0.25) is 9.78 Å². The molecule has 0 aliphatic carbocycles. The minimum Gasteiger partial charge on any atom is -0.480 e. The van der Waals surface area contributed by atoms with Gasteiger partial charge in [-0.25, -0.2) is 4.79 Å². The first-order valence-electron chi connectivity index (χ1n) is 8.90. The Labute approximate surface area is 161 Å². The van der Waals surface area contributed by atoms with E-state index in [1.54, 1.807) is 6.07 Å². The van der Waals surface area contributed by atoms with Gasteiger partial charge in [0.25, 0.3) is 5.91 Å². The highest BCUT2D eigenvalue weighted by atomic mass is 28.3. The number of hydrogen-bond donors (Lipinski definition) is 2. The van der Waals surface area contributed by atoms with E-state index < -0.39 is 26.0 Å². The molecule has 1 amide bonds. The van der Waals surface area contributed by atoms with E-state index in [0.717, 1.165) is 10.9 Å². The number of carboxylic acids is 1. The van der Waals surface area contributed by atoms with Crippen LogP contribution >= 0.6 is 0 Å². The predicted octanol–water partition coefficient (Wildman–Crippen LogP) is 3.86. The van der Waals surface area contributed by atoms with Gasteiger partial charge in [-0.2, -0.15) is 0 Å². The van der Waals surface area contributed by atoms with Gasteiger partial charge in [-0.15, -0.1) is 11.5 Å². The van der Waals surface area contributed by atoms with Crippen molar-refractivity contribution in [2.75, 3.05) is 0 Å². The number of aliphatic carboxylic acids is 1. The van der Waals surface area contributed by atoms with Crippen LogP contribution < -0.4 is 5.32 Å². The lowest BCUT2D eigenvalue weighted by Gasteiger charge is -2.31. The number of rotatable bonds is 4. The van der Waals surface area contributed by atoms with Gasteiger partial charge in [0.1, 0.15) is 14.1 Å². The summed E-state index contributed by atoms with van der Waals surface area (Å²) in [4.78, 5) is 28.3. The van der Waals surface area contributed by atoms with Crippen LogP contribution in [0.15, 0.2) is 36.5 Å². The molecule has 2 aromatic rings. The molecule has 0 unspecified atom stereocenters. The molecule has 2 rings (SSSR count). The normalized spacial score (nSPS) is 12.8. The highest BCUT2D eigenvalue weighted by Gasteiger charge is 2.33. The number of nitrogens with zero attached hydrogens (tertiary/aromatic N) is 1. The van der Waals surface area contributed by atoms with Crippen molar-refractivity contribution in [1.82, 2.24) is 10.3 Å². The molecule has 1 heterocycles. The highest BCUT2D eigenvalue weighted by Crippen LogP contribution is 2.35. The van der Waals surface area contributed by atoms with Crippen molar-refractivity contribution < 1.29 is 14.7 Å². The molecular formula is C21H26N2O3Si. The van der Waals surface area contributed by atoms with Gasteiger partial charge in [0, 0.05) is 18.0 Å². The van der Waals surface area contributed by atoms with Gasteiger partial charge in [0.2, 0.25) is 0 Å². The molecule has 5 nitrogen and oxygen atoms in total. The standard InChI is InChI=1S/C21H26N2O3Si/c1-21(2,3)27(4,5)12-8-11-18(20(25)26)23-19(24)16-13-15-9-6-7-10-17(15)22-14-16/h6-7,9-10,13-14,18H,11H2,1-5H3,(H,23,24)(H,25,26)/t18-/m0/s1. The number of carbonyl (C=O) groups is 2. The van der Waals surface area contributed by atoms with Crippen molar-refractivity contribution in [1.29, 1.82) is 0 Å². The van der Waals surface area contributed by atoms with Crippen LogP contribution in [0.4, 0.5) is 0 Å². The molecule has 0 saturated carbocycles. The Hall–Kier alpha value is -2.65. The predicted molar refractivity (Wildman–Crippen MR) is 110 cm³/mol. The van der Waals surface area contributed by atoms with Crippen LogP contribution in [-0.4, -0.2) is 36.1 Å². The van der Waals surface area contributed by atoms with Crippen molar-refractivity contribution in [3.63, 3.8) is 0 Å². The number of pyridine rings is 1. The number of hydrogen-bond acceptors (Lipinski definition) is 3. The quantitative estimate of drug-likeness (QED) is 0.622. The summed E-state index contributed by atoms with van der Waals surface area (Å²) in [5, 5.41) is 12.9. The maximum atomic E-state index is 12.5. The summed E-state index contributed by atoms with van der Waals surface area (Å²) in [7, 11) is -1.82. The number of para-hydroxylation sites is 1. The Morgan fingerprint density at radius 1 is 1.26 bits per heavy atom. The van der Waals surface area contributed by atoms with E-state index in [1.165, 1.54) is 6.20 Å².